The number of carbonyl (C=O) groups excluding carboxylic acids is 2. The summed E-state index contributed by atoms with van der Waals surface area (Å²) in [6.45, 7) is 4.33. The van der Waals surface area contributed by atoms with Gasteiger partial charge in [-0.3, -0.25) is 4.79 Å². The third kappa shape index (κ3) is 3.00. The van der Waals surface area contributed by atoms with Crippen molar-refractivity contribution >= 4 is 12.0 Å². The summed E-state index contributed by atoms with van der Waals surface area (Å²) in [6, 6.07) is 0. The molecule has 2 amide bonds. The fourth-order valence-electron chi connectivity index (χ4n) is 2.84. The van der Waals surface area contributed by atoms with Crippen molar-refractivity contribution < 1.29 is 14.3 Å². The summed E-state index contributed by atoms with van der Waals surface area (Å²) >= 11 is 0. The number of piperazine rings is 1. The van der Waals surface area contributed by atoms with Crippen LogP contribution in [0, 0.1) is 0 Å². The zero-order valence-electron chi connectivity index (χ0n) is 11.6. The van der Waals surface area contributed by atoms with Crippen LogP contribution in [0.15, 0.2) is 0 Å². The second-order valence-corrected chi connectivity index (χ2v) is 5.34. The van der Waals surface area contributed by atoms with Crippen molar-refractivity contribution in [1.29, 1.82) is 0 Å². The lowest BCUT2D eigenvalue weighted by molar-refractivity contribution is -0.138. The Morgan fingerprint density at radius 3 is 2.16 bits per heavy atom. The lowest BCUT2D eigenvalue weighted by atomic mass is 9.97. The number of carbonyl (C=O) groups is 2. The third-order valence-corrected chi connectivity index (χ3v) is 4.01. The summed E-state index contributed by atoms with van der Waals surface area (Å²) in [7, 11) is 0. The van der Waals surface area contributed by atoms with Crippen molar-refractivity contribution in [3.63, 3.8) is 0 Å². The van der Waals surface area contributed by atoms with Crippen LogP contribution in [0.3, 0.4) is 0 Å². The molecule has 2 fully saturated rings. The van der Waals surface area contributed by atoms with Gasteiger partial charge in [-0.1, -0.05) is 12.8 Å². The van der Waals surface area contributed by atoms with Crippen molar-refractivity contribution in [3.05, 3.63) is 0 Å². The predicted molar refractivity (Wildman–Crippen MR) is 70.6 cm³/mol. The van der Waals surface area contributed by atoms with Crippen molar-refractivity contribution in [1.82, 2.24) is 9.80 Å². The zero-order chi connectivity index (χ0) is 13.9. The SMILES string of the molecule is CCOC(=O)N1CCN(C(=O)C2(N)CCCC2)CC1. The highest BCUT2D eigenvalue weighted by molar-refractivity contribution is 5.86. The van der Waals surface area contributed by atoms with E-state index in [0.29, 0.717) is 32.8 Å². The first-order valence-corrected chi connectivity index (χ1v) is 7.07. The summed E-state index contributed by atoms with van der Waals surface area (Å²) in [4.78, 5) is 27.4. The minimum absolute atomic E-state index is 0.0495. The largest absolute Gasteiger partial charge is 0.450 e. The van der Waals surface area contributed by atoms with Crippen LogP contribution in [0.1, 0.15) is 32.6 Å². The quantitative estimate of drug-likeness (QED) is 0.794. The maximum absolute atomic E-state index is 12.4. The van der Waals surface area contributed by atoms with Gasteiger partial charge in [0.25, 0.3) is 0 Å². The average molecular weight is 269 g/mol. The van der Waals surface area contributed by atoms with Crippen LogP contribution >= 0.6 is 0 Å². The molecule has 2 aliphatic rings. The summed E-state index contributed by atoms with van der Waals surface area (Å²) in [5, 5.41) is 0. The molecule has 0 radical (unpaired) electrons. The first kappa shape index (κ1) is 14.1. The summed E-state index contributed by atoms with van der Waals surface area (Å²) in [5.41, 5.74) is 5.52. The van der Waals surface area contributed by atoms with Crippen LogP contribution in [0.4, 0.5) is 4.79 Å². The molecule has 2 N–H and O–H groups in total. The molecule has 0 spiro atoms. The van der Waals surface area contributed by atoms with Crippen molar-refractivity contribution in [2.75, 3.05) is 32.8 Å². The molecule has 0 atom stereocenters. The molecule has 108 valence electrons. The predicted octanol–water partition coefficient (Wildman–Crippen LogP) is 0.559. The number of ether oxygens (including phenoxy) is 1. The fraction of sp³-hybridized carbons (Fsp3) is 0.846. The molecule has 1 saturated carbocycles. The van der Waals surface area contributed by atoms with Gasteiger partial charge < -0.3 is 20.3 Å². The molecule has 0 unspecified atom stereocenters. The number of amides is 2. The Morgan fingerprint density at radius 2 is 1.63 bits per heavy atom. The van der Waals surface area contributed by atoms with Gasteiger partial charge in [0.15, 0.2) is 0 Å². The monoisotopic (exact) mass is 269 g/mol. The first-order valence-electron chi connectivity index (χ1n) is 7.07. The molecular weight excluding hydrogens is 246 g/mol. The molecule has 1 saturated heterocycles. The second-order valence-electron chi connectivity index (χ2n) is 5.34. The van der Waals surface area contributed by atoms with Crippen LogP contribution in [-0.2, 0) is 9.53 Å². The molecule has 0 bridgehead atoms. The van der Waals surface area contributed by atoms with Gasteiger partial charge in [0, 0.05) is 26.2 Å². The zero-order valence-corrected chi connectivity index (χ0v) is 11.6. The second kappa shape index (κ2) is 5.77. The van der Waals surface area contributed by atoms with E-state index in [-0.39, 0.29) is 12.0 Å². The van der Waals surface area contributed by atoms with Gasteiger partial charge in [-0.15, -0.1) is 0 Å². The Labute approximate surface area is 113 Å². The Hall–Kier alpha value is -1.30. The van der Waals surface area contributed by atoms with E-state index < -0.39 is 5.54 Å². The number of rotatable bonds is 2. The first-order chi connectivity index (χ1) is 9.07. The normalized spacial score (nSPS) is 22.4. The van der Waals surface area contributed by atoms with Crippen molar-refractivity contribution in [2.24, 2.45) is 5.73 Å². The number of nitrogens with two attached hydrogens (primary N) is 1. The molecule has 0 aromatic heterocycles. The van der Waals surface area contributed by atoms with Gasteiger partial charge >= 0.3 is 6.09 Å². The molecule has 1 heterocycles. The van der Waals surface area contributed by atoms with Crippen molar-refractivity contribution in [3.8, 4) is 0 Å². The van der Waals surface area contributed by atoms with Crippen LogP contribution in [-0.4, -0.2) is 60.1 Å². The fourth-order valence-corrected chi connectivity index (χ4v) is 2.84. The summed E-state index contributed by atoms with van der Waals surface area (Å²) in [5.74, 6) is 0.0495. The molecule has 2 rings (SSSR count). The molecule has 1 aliphatic carbocycles. The van der Waals surface area contributed by atoms with Crippen LogP contribution < -0.4 is 5.73 Å². The number of hydrogen-bond acceptors (Lipinski definition) is 4. The lowest BCUT2D eigenvalue weighted by Gasteiger charge is -2.37. The van der Waals surface area contributed by atoms with Gasteiger partial charge in [0.2, 0.25) is 5.91 Å². The average Bonchev–Trinajstić information content (AvgIpc) is 2.86. The van der Waals surface area contributed by atoms with E-state index >= 15 is 0 Å². The molecule has 6 heteroatoms. The van der Waals surface area contributed by atoms with Gasteiger partial charge in [-0.05, 0) is 19.8 Å². The molecular formula is C13H23N3O3. The van der Waals surface area contributed by atoms with E-state index in [9.17, 15) is 9.59 Å². The third-order valence-electron chi connectivity index (χ3n) is 4.01. The molecule has 1 aliphatic heterocycles. The molecule has 6 nitrogen and oxygen atoms in total. The van der Waals surface area contributed by atoms with E-state index in [0.717, 1.165) is 25.7 Å². The van der Waals surface area contributed by atoms with E-state index in [4.69, 9.17) is 10.5 Å². The van der Waals surface area contributed by atoms with Crippen LogP contribution in [0.2, 0.25) is 0 Å². The maximum atomic E-state index is 12.4. The highest BCUT2D eigenvalue weighted by Crippen LogP contribution is 2.29. The van der Waals surface area contributed by atoms with Gasteiger partial charge in [0.05, 0.1) is 12.1 Å². The van der Waals surface area contributed by atoms with Crippen LogP contribution in [0.25, 0.3) is 0 Å². The smallest absolute Gasteiger partial charge is 0.409 e. The van der Waals surface area contributed by atoms with Gasteiger partial charge in [0.1, 0.15) is 0 Å². The topological polar surface area (TPSA) is 75.9 Å². The standard InChI is InChI=1S/C13H23N3O3/c1-2-19-12(18)16-9-7-15(8-10-16)11(17)13(14)5-3-4-6-13/h2-10,14H2,1H3. The van der Waals surface area contributed by atoms with Gasteiger partial charge in [-0.2, -0.15) is 0 Å². The Balaban J connectivity index is 1.86. The highest BCUT2D eigenvalue weighted by atomic mass is 16.6. The summed E-state index contributed by atoms with van der Waals surface area (Å²) in [6.07, 6.45) is 3.34. The minimum Gasteiger partial charge on any atom is -0.450 e. The lowest BCUT2D eigenvalue weighted by Crippen LogP contribution is -2.59. The van der Waals surface area contributed by atoms with Gasteiger partial charge in [-0.25, -0.2) is 4.79 Å². The van der Waals surface area contributed by atoms with Crippen LogP contribution in [0.5, 0.6) is 0 Å². The van der Waals surface area contributed by atoms with E-state index in [1.807, 2.05) is 0 Å². The Bertz CT molecular complexity index is 345. The summed E-state index contributed by atoms with van der Waals surface area (Å²) < 4.78 is 4.96. The maximum Gasteiger partial charge on any atom is 0.409 e. The Morgan fingerprint density at radius 1 is 1.11 bits per heavy atom. The molecule has 19 heavy (non-hydrogen) atoms. The van der Waals surface area contributed by atoms with E-state index in [1.54, 1.807) is 16.7 Å². The minimum atomic E-state index is -0.661. The number of nitrogens with zero attached hydrogens (tertiary/aromatic N) is 2. The molecule has 0 aromatic carbocycles. The molecule has 0 aromatic rings. The number of hydrogen-bond donors (Lipinski definition) is 1. The van der Waals surface area contributed by atoms with E-state index in [1.165, 1.54) is 0 Å². The van der Waals surface area contributed by atoms with Crippen molar-refractivity contribution in [2.45, 2.75) is 38.1 Å². The van der Waals surface area contributed by atoms with E-state index in [2.05, 4.69) is 0 Å². The Kier molecular flexibility index (Phi) is 4.29. The highest BCUT2D eigenvalue weighted by Gasteiger charge is 2.40.